The summed E-state index contributed by atoms with van der Waals surface area (Å²) in [4.78, 5) is 2.56. The minimum Gasteiger partial charge on any atom is -0.464 e. The van der Waals surface area contributed by atoms with Gasteiger partial charge in [-0.2, -0.15) is 0 Å². The van der Waals surface area contributed by atoms with Crippen LogP contribution in [0.3, 0.4) is 0 Å². The minimum absolute atomic E-state index is 0.0157. The molecule has 12 aromatic rings. The number of hydrogen-bond acceptors (Lipinski definition) is 4. The van der Waals surface area contributed by atoms with Crippen LogP contribution in [0.2, 0.25) is 0 Å². The molecular weight excluding hydrogens is 735 g/mol. The summed E-state index contributed by atoms with van der Waals surface area (Å²) in [5.74, 6) is 0. The summed E-state index contributed by atoms with van der Waals surface area (Å²) in [5.41, 5.74) is 18.6. The highest BCUT2D eigenvalue weighted by Gasteiger charge is 2.45. The van der Waals surface area contributed by atoms with Gasteiger partial charge >= 0.3 is 6.85 Å². The zero-order valence-electron chi connectivity index (χ0n) is 33.2. The Kier molecular flexibility index (Phi) is 6.06. The van der Waals surface area contributed by atoms with Gasteiger partial charge in [0.2, 0.25) is 0 Å². The molecule has 8 aromatic carbocycles. The normalized spacial score (nSPS) is 13.5. The Balaban J connectivity index is 1.16. The van der Waals surface area contributed by atoms with Crippen molar-refractivity contribution in [3.8, 4) is 27.9 Å². The first kappa shape index (κ1) is 32.5. The third-order valence-electron chi connectivity index (χ3n) is 13.4. The lowest BCUT2D eigenvalue weighted by Gasteiger charge is -2.42. The lowest BCUT2D eigenvalue weighted by molar-refractivity contribution is 0.590. The van der Waals surface area contributed by atoms with Crippen LogP contribution in [0.4, 0.5) is 11.4 Å². The van der Waals surface area contributed by atoms with Crippen molar-refractivity contribution in [3.05, 3.63) is 163 Å². The van der Waals surface area contributed by atoms with Crippen molar-refractivity contribution in [3.63, 3.8) is 0 Å². The Bertz CT molecular complexity index is 3820. The molecule has 0 amide bonds. The molecule has 0 atom stereocenters. The van der Waals surface area contributed by atoms with Crippen LogP contribution in [-0.2, 0) is 5.41 Å². The summed E-state index contributed by atoms with van der Waals surface area (Å²) in [7, 11) is 0. The summed E-state index contributed by atoms with van der Waals surface area (Å²) in [5, 5.41) is 7.94. The van der Waals surface area contributed by atoms with E-state index in [1.165, 1.54) is 43.9 Å². The van der Waals surface area contributed by atoms with Crippen molar-refractivity contribution in [1.82, 2.24) is 4.57 Å². The topological polar surface area (TPSA) is 47.6 Å². The van der Waals surface area contributed by atoms with Crippen LogP contribution in [0.15, 0.2) is 171 Å². The predicted molar refractivity (Wildman–Crippen MR) is 248 cm³/mol. The fourth-order valence-corrected chi connectivity index (χ4v) is 10.6. The molecule has 0 saturated heterocycles. The lowest BCUT2D eigenvalue weighted by Crippen LogP contribution is -2.60. The van der Waals surface area contributed by atoms with E-state index < -0.39 is 0 Å². The smallest absolute Gasteiger partial charge is 0.333 e. The average molecular weight is 771 g/mol. The first-order valence-electron chi connectivity index (χ1n) is 20.8. The summed E-state index contributed by atoms with van der Waals surface area (Å²) < 4.78 is 22.2. The van der Waals surface area contributed by atoms with Gasteiger partial charge in [0.05, 0.1) is 17.3 Å². The SMILES string of the molecule is CC(C)(C)c1ccc(N2B3c4cc5occ(-c6ccccc6)c5cc4-n4c5cc6c(cc5c5ccc(c3c54)-c3cc4c(cc32)oc2ccccc24)oc2ccccc26)cc1. The third kappa shape index (κ3) is 4.17. The molecule has 60 heavy (non-hydrogen) atoms. The Morgan fingerprint density at radius 3 is 1.93 bits per heavy atom. The molecule has 6 heterocycles. The van der Waals surface area contributed by atoms with E-state index in [-0.39, 0.29) is 12.3 Å². The van der Waals surface area contributed by atoms with Crippen molar-refractivity contribution in [2.75, 3.05) is 4.81 Å². The minimum atomic E-state index is -0.177. The summed E-state index contributed by atoms with van der Waals surface area (Å²) >= 11 is 0. The molecule has 0 fully saturated rings. The second-order valence-corrected chi connectivity index (χ2v) is 17.7. The third-order valence-corrected chi connectivity index (χ3v) is 13.4. The van der Waals surface area contributed by atoms with E-state index in [2.05, 4.69) is 170 Å². The summed E-state index contributed by atoms with van der Waals surface area (Å²) in [6.45, 7) is 6.65. The van der Waals surface area contributed by atoms with Gasteiger partial charge in [-0.15, -0.1) is 0 Å². The molecule has 5 nitrogen and oxygen atoms in total. The number of para-hydroxylation sites is 2. The number of furan rings is 3. The van der Waals surface area contributed by atoms with Crippen LogP contribution in [-0.4, -0.2) is 11.4 Å². The number of fused-ring (bicyclic) bond motifs is 15. The second kappa shape index (κ2) is 11.2. The Labute approximate surface area is 344 Å². The van der Waals surface area contributed by atoms with Crippen LogP contribution in [0.1, 0.15) is 26.3 Å². The zero-order chi connectivity index (χ0) is 39.6. The molecule has 0 aliphatic carbocycles. The molecule has 4 aromatic heterocycles. The van der Waals surface area contributed by atoms with Gasteiger partial charge in [0.15, 0.2) is 0 Å². The van der Waals surface area contributed by atoms with Crippen molar-refractivity contribution in [1.29, 1.82) is 0 Å². The molecule has 0 bridgehead atoms. The van der Waals surface area contributed by atoms with E-state index in [9.17, 15) is 0 Å². The van der Waals surface area contributed by atoms with Crippen LogP contribution in [0, 0.1) is 0 Å². The van der Waals surface area contributed by atoms with E-state index in [4.69, 9.17) is 13.3 Å². The van der Waals surface area contributed by atoms with Crippen molar-refractivity contribution in [2.24, 2.45) is 0 Å². The van der Waals surface area contributed by atoms with E-state index in [1.807, 2.05) is 18.4 Å². The Morgan fingerprint density at radius 1 is 0.483 bits per heavy atom. The van der Waals surface area contributed by atoms with E-state index >= 15 is 0 Å². The van der Waals surface area contributed by atoms with E-state index in [1.54, 1.807) is 0 Å². The number of rotatable bonds is 2. The molecule has 282 valence electrons. The van der Waals surface area contributed by atoms with Gasteiger partial charge in [0, 0.05) is 72.0 Å². The summed E-state index contributed by atoms with van der Waals surface area (Å²) in [6, 6.07) is 55.2. The Morgan fingerprint density at radius 2 is 1.18 bits per heavy atom. The van der Waals surface area contributed by atoms with E-state index in [0.717, 1.165) is 88.6 Å². The van der Waals surface area contributed by atoms with E-state index in [0.29, 0.717) is 0 Å². The number of hydrogen-bond donors (Lipinski definition) is 0. The first-order chi connectivity index (χ1) is 29.4. The number of aromatic nitrogens is 1. The van der Waals surface area contributed by atoms with Crippen molar-refractivity contribution >= 4 is 106 Å². The molecule has 2 aliphatic rings. The molecule has 6 heteroatoms. The maximum Gasteiger partial charge on any atom is 0.333 e. The standard InChI is InChI=1S/C54H35BN2O3/c1-54(2,3)31-17-19-32(20-18-31)57-45-28-51-39(33-13-7-9-15-47(33)60-51)23-37(45)35-21-22-36-38-26-50-40(34-14-8-10-16-48(34)59-50)24-44(38)56-46-25-41-42(30-11-5-4-6-12-30)29-58-49(41)27-43(46)55(57)52(35)53(36)56/h4-29H,1-3H3. The van der Waals surface area contributed by atoms with Gasteiger partial charge in [-0.05, 0) is 87.6 Å². The van der Waals surface area contributed by atoms with Crippen LogP contribution in [0.5, 0.6) is 0 Å². The van der Waals surface area contributed by atoms with Crippen molar-refractivity contribution in [2.45, 2.75) is 26.2 Å². The Hall–Kier alpha value is -7.44. The molecule has 0 N–H and O–H groups in total. The molecule has 0 radical (unpaired) electrons. The highest BCUT2D eigenvalue weighted by atomic mass is 16.3. The van der Waals surface area contributed by atoms with Gasteiger partial charge < -0.3 is 22.6 Å². The molecule has 0 saturated carbocycles. The molecule has 14 rings (SSSR count). The average Bonchev–Trinajstić information content (AvgIpc) is 4.04. The number of anilines is 2. The molecular formula is C54H35BN2O3. The van der Waals surface area contributed by atoms with Gasteiger partial charge in [-0.1, -0.05) is 112 Å². The monoisotopic (exact) mass is 770 g/mol. The first-order valence-corrected chi connectivity index (χ1v) is 20.8. The highest BCUT2D eigenvalue weighted by molar-refractivity contribution is 6.94. The van der Waals surface area contributed by atoms with Crippen LogP contribution < -0.4 is 15.7 Å². The highest BCUT2D eigenvalue weighted by Crippen LogP contribution is 2.49. The number of benzene rings is 8. The molecule has 2 aliphatic heterocycles. The fourth-order valence-electron chi connectivity index (χ4n) is 10.6. The zero-order valence-corrected chi connectivity index (χ0v) is 33.2. The quantitative estimate of drug-likeness (QED) is 0.164. The van der Waals surface area contributed by atoms with Crippen molar-refractivity contribution < 1.29 is 13.3 Å². The number of nitrogens with zero attached hydrogens (tertiary/aromatic N) is 2. The maximum atomic E-state index is 6.62. The van der Waals surface area contributed by atoms with Gasteiger partial charge in [0.1, 0.15) is 27.9 Å². The lowest BCUT2D eigenvalue weighted by atomic mass is 9.44. The van der Waals surface area contributed by atoms with Gasteiger partial charge in [-0.3, -0.25) is 0 Å². The molecule has 0 unspecified atom stereocenters. The van der Waals surface area contributed by atoms with Crippen LogP contribution >= 0.6 is 0 Å². The summed E-state index contributed by atoms with van der Waals surface area (Å²) in [6.07, 6.45) is 1.92. The predicted octanol–water partition coefficient (Wildman–Crippen LogP) is 13.5. The molecule has 0 spiro atoms. The second-order valence-electron chi connectivity index (χ2n) is 17.7. The fraction of sp³-hybridized carbons (Fsp3) is 0.0741. The van der Waals surface area contributed by atoms with Gasteiger partial charge in [-0.25, -0.2) is 0 Å². The maximum absolute atomic E-state index is 6.62. The van der Waals surface area contributed by atoms with Gasteiger partial charge in [0.25, 0.3) is 0 Å². The van der Waals surface area contributed by atoms with Crippen LogP contribution in [0.25, 0.3) is 105 Å². The largest absolute Gasteiger partial charge is 0.464 e.